The molecular weight excluding hydrogens is 315 g/mol. The van der Waals surface area contributed by atoms with Crippen LogP contribution in [0.3, 0.4) is 0 Å². The van der Waals surface area contributed by atoms with Gasteiger partial charge in [-0.15, -0.1) is 0 Å². The third kappa shape index (κ3) is 4.59. The number of carboxylic acids is 1. The van der Waals surface area contributed by atoms with Crippen molar-refractivity contribution in [2.75, 3.05) is 18.4 Å². The molecule has 0 bridgehead atoms. The Morgan fingerprint density at radius 2 is 2.08 bits per heavy atom. The van der Waals surface area contributed by atoms with Gasteiger partial charge in [0.25, 0.3) is 0 Å². The molecule has 7 heteroatoms. The molecule has 0 radical (unpaired) electrons. The van der Waals surface area contributed by atoms with Crippen LogP contribution in [0, 0.1) is 17.7 Å². The Hall–Kier alpha value is -2.31. The third-order valence-electron chi connectivity index (χ3n) is 3.84. The second-order valence-electron chi connectivity index (χ2n) is 6.52. The largest absolute Gasteiger partial charge is 0.489 e. The highest BCUT2D eigenvalue weighted by molar-refractivity contribution is 5.91. The van der Waals surface area contributed by atoms with E-state index in [-0.39, 0.29) is 24.3 Å². The second kappa shape index (κ2) is 7.51. The van der Waals surface area contributed by atoms with Crippen molar-refractivity contribution in [1.82, 2.24) is 4.90 Å². The molecule has 2 amide bonds. The van der Waals surface area contributed by atoms with E-state index in [0.717, 1.165) is 0 Å². The number of piperidine rings is 1. The predicted molar refractivity (Wildman–Crippen MR) is 87.7 cm³/mol. The quantitative estimate of drug-likeness (QED) is 0.884. The highest BCUT2D eigenvalue weighted by Gasteiger charge is 2.32. The van der Waals surface area contributed by atoms with Gasteiger partial charge in [-0.05, 0) is 38.3 Å². The molecule has 0 saturated carbocycles. The maximum absolute atomic E-state index is 13.5. The van der Waals surface area contributed by atoms with E-state index in [1.54, 1.807) is 0 Å². The molecule has 1 aromatic rings. The molecule has 0 aliphatic carbocycles. The number of carbonyl (C=O) groups is 2. The van der Waals surface area contributed by atoms with Crippen LogP contribution in [0.4, 0.5) is 14.9 Å². The summed E-state index contributed by atoms with van der Waals surface area (Å²) in [7, 11) is 0. The van der Waals surface area contributed by atoms with Crippen molar-refractivity contribution < 1.29 is 23.8 Å². The first-order valence-electron chi connectivity index (χ1n) is 8.01. The van der Waals surface area contributed by atoms with Crippen LogP contribution in [0.25, 0.3) is 0 Å². The molecule has 6 nitrogen and oxygen atoms in total. The minimum absolute atomic E-state index is 0.0875. The number of benzene rings is 1. The van der Waals surface area contributed by atoms with Crippen LogP contribution in [0.5, 0.6) is 5.75 Å². The molecule has 1 aromatic carbocycles. The molecule has 1 aliphatic heterocycles. The number of hydrogen-bond donors (Lipinski definition) is 2. The number of hydrogen-bond acceptors (Lipinski definition) is 3. The zero-order chi connectivity index (χ0) is 17.9. The predicted octanol–water partition coefficient (Wildman–Crippen LogP) is 3.19. The Balaban J connectivity index is 2.14. The summed E-state index contributed by atoms with van der Waals surface area (Å²) < 4.78 is 19.1. The first-order chi connectivity index (χ1) is 11.3. The number of carboxylic acid groups (broad SMARTS) is 1. The van der Waals surface area contributed by atoms with Crippen LogP contribution in [-0.4, -0.2) is 41.2 Å². The maximum atomic E-state index is 13.5. The average molecular weight is 338 g/mol. The number of nitrogens with zero attached hydrogens (tertiary/aromatic N) is 1. The van der Waals surface area contributed by atoms with Crippen molar-refractivity contribution in [2.24, 2.45) is 11.8 Å². The topological polar surface area (TPSA) is 78.9 Å². The lowest BCUT2D eigenvalue weighted by Gasteiger charge is -2.34. The van der Waals surface area contributed by atoms with Gasteiger partial charge in [-0.2, -0.15) is 0 Å². The smallest absolute Gasteiger partial charge is 0.321 e. The zero-order valence-electron chi connectivity index (χ0n) is 14.1. The SMILES string of the molecule is CC1CC(C(=O)O)CN(C(=O)Nc2cc(F)ccc2OC(C)C)C1. The summed E-state index contributed by atoms with van der Waals surface area (Å²) in [5.41, 5.74) is 0.235. The summed E-state index contributed by atoms with van der Waals surface area (Å²) >= 11 is 0. The fraction of sp³-hybridized carbons (Fsp3) is 0.529. The molecule has 0 aromatic heterocycles. The van der Waals surface area contributed by atoms with Gasteiger partial charge < -0.3 is 20.1 Å². The van der Waals surface area contributed by atoms with Crippen molar-refractivity contribution in [2.45, 2.75) is 33.3 Å². The van der Waals surface area contributed by atoms with E-state index in [1.807, 2.05) is 20.8 Å². The number of ether oxygens (including phenoxy) is 1. The summed E-state index contributed by atoms with van der Waals surface area (Å²) in [6.07, 6.45) is 0.415. The van der Waals surface area contributed by atoms with Gasteiger partial charge in [-0.25, -0.2) is 9.18 Å². The van der Waals surface area contributed by atoms with E-state index in [9.17, 15) is 19.1 Å². The Kier molecular flexibility index (Phi) is 5.64. The van der Waals surface area contributed by atoms with Gasteiger partial charge in [0.05, 0.1) is 17.7 Å². The minimum atomic E-state index is -0.908. The number of nitrogens with one attached hydrogen (secondary N) is 1. The first-order valence-corrected chi connectivity index (χ1v) is 8.01. The van der Waals surface area contributed by atoms with Gasteiger partial charge >= 0.3 is 12.0 Å². The summed E-state index contributed by atoms with van der Waals surface area (Å²) in [6.45, 7) is 6.18. The van der Waals surface area contributed by atoms with Gasteiger partial charge in [-0.1, -0.05) is 6.92 Å². The standard InChI is InChI=1S/C17H23FN2O4/c1-10(2)24-15-5-4-13(18)7-14(15)19-17(23)20-8-11(3)6-12(9-20)16(21)22/h4-5,7,10-12H,6,8-9H2,1-3H3,(H,19,23)(H,21,22). The summed E-state index contributed by atoms with van der Waals surface area (Å²) in [5.74, 6) is -1.52. The van der Waals surface area contributed by atoms with Crippen LogP contribution >= 0.6 is 0 Å². The van der Waals surface area contributed by atoms with Gasteiger partial charge in [0.15, 0.2) is 0 Å². The lowest BCUT2D eigenvalue weighted by Crippen LogP contribution is -2.47. The van der Waals surface area contributed by atoms with Crippen molar-refractivity contribution in [3.63, 3.8) is 0 Å². The van der Waals surface area contributed by atoms with Crippen LogP contribution in [0.2, 0.25) is 0 Å². The van der Waals surface area contributed by atoms with Crippen LogP contribution in [0.1, 0.15) is 27.2 Å². The van der Waals surface area contributed by atoms with Gasteiger partial charge in [0, 0.05) is 19.2 Å². The molecule has 1 aliphatic rings. The molecule has 132 valence electrons. The molecule has 24 heavy (non-hydrogen) atoms. The fourth-order valence-corrected chi connectivity index (χ4v) is 2.85. The number of halogens is 1. The minimum Gasteiger partial charge on any atom is -0.489 e. The number of anilines is 1. The number of amides is 2. The highest BCUT2D eigenvalue weighted by atomic mass is 19.1. The summed E-state index contributed by atoms with van der Waals surface area (Å²) in [4.78, 5) is 25.1. The number of aliphatic carboxylic acids is 1. The van der Waals surface area contributed by atoms with Crippen molar-refractivity contribution >= 4 is 17.7 Å². The average Bonchev–Trinajstić information content (AvgIpc) is 2.49. The maximum Gasteiger partial charge on any atom is 0.321 e. The Morgan fingerprint density at radius 1 is 1.38 bits per heavy atom. The molecular formula is C17H23FN2O4. The Labute approximate surface area is 140 Å². The van der Waals surface area contributed by atoms with E-state index >= 15 is 0 Å². The molecule has 2 rings (SSSR count). The third-order valence-corrected chi connectivity index (χ3v) is 3.84. The second-order valence-corrected chi connectivity index (χ2v) is 6.52. The molecule has 2 unspecified atom stereocenters. The van der Waals surface area contributed by atoms with Crippen molar-refractivity contribution in [3.05, 3.63) is 24.0 Å². The van der Waals surface area contributed by atoms with Crippen LogP contribution < -0.4 is 10.1 Å². The number of urea groups is 1. The Bertz CT molecular complexity index is 621. The van der Waals surface area contributed by atoms with E-state index < -0.39 is 23.7 Å². The molecule has 1 heterocycles. The summed E-state index contributed by atoms with van der Waals surface area (Å²) in [5, 5.41) is 11.8. The van der Waals surface area contributed by atoms with Crippen LogP contribution in [-0.2, 0) is 4.79 Å². The zero-order valence-corrected chi connectivity index (χ0v) is 14.1. The monoisotopic (exact) mass is 338 g/mol. The summed E-state index contributed by atoms with van der Waals surface area (Å²) in [6, 6.07) is 3.46. The van der Waals surface area contributed by atoms with Gasteiger partial charge in [0.2, 0.25) is 0 Å². The molecule has 1 fully saturated rings. The van der Waals surface area contributed by atoms with E-state index in [1.165, 1.54) is 23.1 Å². The molecule has 2 atom stereocenters. The normalized spacial score (nSPS) is 20.8. The van der Waals surface area contributed by atoms with Gasteiger partial charge in [0.1, 0.15) is 11.6 Å². The van der Waals surface area contributed by atoms with Gasteiger partial charge in [-0.3, -0.25) is 4.79 Å². The van der Waals surface area contributed by atoms with E-state index in [2.05, 4.69) is 5.32 Å². The first kappa shape index (κ1) is 18.0. The van der Waals surface area contributed by atoms with Crippen molar-refractivity contribution in [3.8, 4) is 5.75 Å². The Morgan fingerprint density at radius 3 is 2.71 bits per heavy atom. The fourth-order valence-electron chi connectivity index (χ4n) is 2.85. The van der Waals surface area contributed by atoms with E-state index in [0.29, 0.717) is 18.7 Å². The molecule has 2 N–H and O–H groups in total. The molecule has 1 saturated heterocycles. The highest BCUT2D eigenvalue weighted by Crippen LogP contribution is 2.28. The number of likely N-dealkylation sites (tertiary alicyclic amines) is 1. The lowest BCUT2D eigenvalue weighted by molar-refractivity contribution is -0.143. The lowest BCUT2D eigenvalue weighted by atomic mass is 9.91. The van der Waals surface area contributed by atoms with Crippen molar-refractivity contribution in [1.29, 1.82) is 0 Å². The molecule has 0 spiro atoms. The number of rotatable bonds is 4. The van der Waals surface area contributed by atoms with Crippen LogP contribution in [0.15, 0.2) is 18.2 Å². The van der Waals surface area contributed by atoms with E-state index in [4.69, 9.17) is 4.74 Å². The number of carbonyl (C=O) groups excluding carboxylic acids is 1.